The fraction of sp³-hybridized carbons (Fsp3) is 0.394. The highest BCUT2D eigenvalue weighted by atomic mass is 19.3. The number of carbonyl (C=O) groups is 1. The number of hydrogen-bond donors (Lipinski definition) is 1. The van der Waals surface area contributed by atoms with E-state index in [1.165, 1.54) is 22.8 Å². The molecule has 14 heteroatoms. The van der Waals surface area contributed by atoms with Crippen LogP contribution in [0, 0.1) is 12.7 Å². The number of fused-ring (bicyclic) bond motifs is 1. The second kappa shape index (κ2) is 11.7. The molecule has 0 spiro atoms. The van der Waals surface area contributed by atoms with E-state index in [4.69, 9.17) is 10.7 Å². The predicted octanol–water partition coefficient (Wildman–Crippen LogP) is 4.85. The van der Waals surface area contributed by atoms with Crippen LogP contribution >= 0.6 is 0 Å². The average Bonchev–Trinajstić information content (AvgIpc) is 3.95. The Hall–Kier alpha value is -5.01. The summed E-state index contributed by atoms with van der Waals surface area (Å²) in [7, 11) is 0. The molecule has 1 saturated heterocycles. The molecule has 3 aromatic heterocycles. The molecule has 3 fully saturated rings. The van der Waals surface area contributed by atoms with Crippen molar-refractivity contribution in [3.8, 4) is 23.0 Å². The number of rotatable bonds is 8. The lowest BCUT2D eigenvalue weighted by atomic mass is 10.0. The van der Waals surface area contributed by atoms with Crippen molar-refractivity contribution in [2.24, 2.45) is 0 Å². The number of pyridine rings is 1. The Balaban J connectivity index is 1.51. The Morgan fingerprint density at radius 3 is 2.34 bits per heavy atom. The van der Waals surface area contributed by atoms with Crippen molar-refractivity contribution in [1.82, 2.24) is 29.4 Å². The van der Waals surface area contributed by atoms with Crippen LogP contribution in [0.5, 0.6) is 6.01 Å². The maximum atomic E-state index is 15.3. The van der Waals surface area contributed by atoms with Crippen LogP contribution in [0.15, 0.2) is 41.7 Å². The van der Waals surface area contributed by atoms with Crippen molar-refractivity contribution in [2.75, 3.05) is 30.3 Å². The summed E-state index contributed by atoms with van der Waals surface area (Å²) in [4.78, 5) is 48.7. The van der Waals surface area contributed by atoms with Crippen molar-refractivity contribution in [3.05, 3.63) is 70.2 Å². The maximum absolute atomic E-state index is 15.3. The van der Waals surface area contributed by atoms with Crippen LogP contribution in [0.3, 0.4) is 0 Å². The Kier molecular flexibility index (Phi) is 7.60. The molecular formula is C33H33F3N8O3. The van der Waals surface area contributed by atoms with E-state index in [-0.39, 0.29) is 46.4 Å². The molecule has 2 saturated carbocycles. The van der Waals surface area contributed by atoms with Crippen molar-refractivity contribution >= 4 is 28.4 Å². The van der Waals surface area contributed by atoms with Gasteiger partial charge in [-0.1, -0.05) is 12.6 Å². The van der Waals surface area contributed by atoms with Gasteiger partial charge in [0, 0.05) is 43.2 Å². The third-order valence-corrected chi connectivity index (χ3v) is 8.97. The zero-order valence-corrected chi connectivity index (χ0v) is 25.9. The van der Waals surface area contributed by atoms with Gasteiger partial charge in [0.15, 0.2) is 5.65 Å². The summed E-state index contributed by atoms with van der Waals surface area (Å²) >= 11 is 0. The minimum atomic E-state index is -3.12. The van der Waals surface area contributed by atoms with Gasteiger partial charge in [0.2, 0.25) is 5.91 Å². The number of halogens is 3. The summed E-state index contributed by atoms with van der Waals surface area (Å²) in [5.74, 6) is -0.602. The molecule has 3 aliphatic rings. The molecule has 1 aliphatic heterocycles. The molecule has 11 nitrogen and oxygen atoms in total. The molecule has 244 valence electrons. The average molecular weight is 647 g/mol. The largest absolute Gasteiger partial charge is 0.401 e. The minimum Gasteiger partial charge on any atom is -0.401 e. The SMILES string of the molecule is C=CC(=O)N1CCN(c2nc(=O)n(-c3c(C4CC4)nc(OC(F)F)nc3C3CC3)c3nc(-c4c(N)cccc4F)c(C)cc23)[C@@H](C)C1. The van der Waals surface area contributed by atoms with Gasteiger partial charge < -0.3 is 20.3 Å². The van der Waals surface area contributed by atoms with Crippen LogP contribution in [0.2, 0.25) is 0 Å². The molecule has 2 N–H and O–H groups in total. The van der Waals surface area contributed by atoms with Gasteiger partial charge in [-0.05, 0) is 69.4 Å². The number of aryl methyl sites for hydroxylation is 1. The summed E-state index contributed by atoms with van der Waals surface area (Å²) in [5.41, 5.74) is 8.04. The fourth-order valence-electron chi connectivity index (χ4n) is 6.41. The number of hydrogen-bond acceptors (Lipinski definition) is 9. The van der Waals surface area contributed by atoms with Crippen molar-refractivity contribution in [3.63, 3.8) is 0 Å². The molecule has 47 heavy (non-hydrogen) atoms. The lowest BCUT2D eigenvalue weighted by Gasteiger charge is -2.40. The van der Waals surface area contributed by atoms with E-state index >= 15 is 4.39 Å². The van der Waals surface area contributed by atoms with Gasteiger partial charge in [-0.15, -0.1) is 0 Å². The van der Waals surface area contributed by atoms with E-state index in [0.29, 0.717) is 53.5 Å². The number of anilines is 2. The summed E-state index contributed by atoms with van der Waals surface area (Å²) in [6.07, 6.45) is 4.25. The summed E-state index contributed by atoms with van der Waals surface area (Å²) in [6.45, 7) is 5.33. The van der Waals surface area contributed by atoms with Gasteiger partial charge >= 0.3 is 18.3 Å². The number of benzene rings is 1. The lowest BCUT2D eigenvalue weighted by molar-refractivity contribution is -0.126. The Morgan fingerprint density at radius 2 is 1.77 bits per heavy atom. The first-order chi connectivity index (χ1) is 22.5. The molecule has 0 radical (unpaired) electrons. The third-order valence-electron chi connectivity index (χ3n) is 8.97. The van der Waals surface area contributed by atoms with E-state index < -0.39 is 24.1 Å². The number of amides is 1. The zero-order chi connectivity index (χ0) is 33.1. The predicted molar refractivity (Wildman–Crippen MR) is 169 cm³/mol. The topological polar surface area (TPSA) is 132 Å². The van der Waals surface area contributed by atoms with E-state index in [0.717, 1.165) is 25.7 Å². The smallest absolute Gasteiger partial charge is 0.389 e. The molecule has 1 amide bonds. The van der Waals surface area contributed by atoms with Crippen LogP contribution in [0.1, 0.15) is 61.4 Å². The highest BCUT2D eigenvalue weighted by molar-refractivity contribution is 5.93. The molecule has 4 heterocycles. The Morgan fingerprint density at radius 1 is 1.09 bits per heavy atom. The minimum absolute atomic E-state index is 0.0935. The Bertz CT molecular complexity index is 1940. The highest BCUT2D eigenvalue weighted by Crippen LogP contribution is 2.48. The van der Waals surface area contributed by atoms with Gasteiger partial charge in [0.05, 0.1) is 33.7 Å². The molecular weight excluding hydrogens is 613 g/mol. The van der Waals surface area contributed by atoms with E-state index in [1.54, 1.807) is 24.0 Å². The van der Waals surface area contributed by atoms with Gasteiger partial charge in [-0.25, -0.2) is 18.7 Å². The molecule has 1 atom stereocenters. The van der Waals surface area contributed by atoms with Gasteiger partial charge in [0.25, 0.3) is 0 Å². The lowest BCUT2D eigenvalue weighted by Crippen LogP contribution is -2.54. The van der Waals surface area contributed by atoms with Crippen molar-refractivity contribution in [2.45, 2.75) is 64.0 Å². The van der Waals surface area contributed by atoms with Gasteiger partial charge in [-0.2, -0.15) is 23.7 Å². The first-order valence-corrected chi connectivity index (χ1v) is 15.6. The number of ether oxygens (including phenoxy) is 1. The first-order valence-electron chi connectivity index (χ1n) is 15.6. The molecule has 1 aromatic carbocycles. The molecule has 4 aromatic rings. The number of piperazine rings is 1. The monoisotopic (exact) mass is 646 g/mol. The number of alkyl halides is 2. The van der Waals surface area contributed by atoms with Crippen LogP contribution in [-0.2, 0) is 4.79 Å². The number of nitrogens with two attached hydrogens (primary N) is 1. The second-order valence-corrected chi connectivity index (χ2v) is 12.4. The number of nitrogen functional groups attached to an aromatic ring is 1. The molecule has 0 unspecified atom stereocenters. The fourth-order valence-corrected chi connectivity index (χ4v) is 6.41. The quantitative estimate of drug-likeness (QED) is 0.211. The third kappa shape index (κ3) is 5.55. The standard InChI is InChI=1S/C33H33F3N8O3/c1-4-23(45)42-12-13-43(17(3)15-42)29-20-14-16(2)25(24-21(34)6-5-7-22(24)37)38-30(20)44(33(46)41-29)28-26(18-8-9-18)39-32(47-31(35)36)40-27(28)19-10-11-19/h4-7,14,17-19,31H,1,8-13,15,37H2,2-3H3/t17-/m0/s1. The summed E-state index contributed by atoms with van der Waals surface area (Å²) in [5, 5.41) is 0.507. The number of aromatic nitrogens is 5. The highest BCUT2D eigenvalue weighted by Gasteiger charge is 2.38. The normalized spacial score (nSPS) is 18.2. The molecule has 0 bridgehead atoms. The summed E-state index contributed by atoms with van der Waals surface area (Å²) < 4.78 is 48.0. The van der Waals surface area contributed by atoms with E-state index in [2.05, 4.69) is 26.3 Å². The van der Waals surface area contributed by atoms with Gasteiger partial charge in [-0.3, -0.25) is 4.79 Å². The molecule has 7 rings (SSSR count). The van der Waals surface area contributed by atoms with Crippen molar-refractivity contribution in [1.29, 1.82) is 0 Å². The van der Waals surface area contributed by atoms with Crippen LogP contribution in [0.4, 0.5) is 24.7 Å². The van der Waals surface area contributed by atoms with E-state index in [1.807, 2.05) is 11.8 Å². The first kappa shape index (κ1) is 30.6. The number of carbonyl (C=O) groups excluding carboxylic acids is 1. The number of nitrogens with zero attached hydrogens (tertiary/aromatic N) is 7. The van der Waals surface area contributed by atoms with Crippen LogP contribution < -0.4 is 21.1 Å². The Labute approximate surface area is 267 Å². The maximum Gasteiger partial charge on any atom is 0.389 e. The van der Waals surface area contributed by atoms with Crippen LogP contribution in [-0.4, -0.2) is 67.6 Å². The zero-order valence-electron chi connectivity index (χ0n) is 25.9. The van der Waals surface area contributed by atoms with E-state index in [9.17, 15) is 18.4 Å². The second-order valence-electron chi connectivity index (χ2n) is 12.4. The molecule has 2 aliphatic carbocycles. The van der Waals surface area contributed by atoms with Crippen molar-refractivity contribution < 1.29 is 22.7 Å². The van der Waals surface area contributed by atoms with Gasteiger partial charge in [0.1, 0.15) is 11.6 Å². The van der Waals surface area contributed by atoms with Crippen LogP contribution in [0.25, 0.3) is 28.0 Å². The summed E-state index contributed by atoms with van der Waals surface area (Å²) in [6, 6.07) is 5.51.